The summed E-state index contributed by atoms with van der Waals surface area (Å²) in [5.41, 5.74) is -1.49. The number of nitriles is 1. The number of alkyl halides is 3. The van der Waals surface area contributed by atoms with Gasteiger partial charge in [0.25, 0.3) is 9.84 Å². The van der Waals surface area contributed by atoms with Crippen LogP contribution in [0.4, 0.5) is 13.2 Å². The molecular formula is C9H5F3N2O3S. The monoisotopic (exact) mass is 278 g/mol. The second kappa shape index (κ2) is 4.30. The van der Waals surface area contributed by atoms with Crippen molar-refractivity contribution in [1.29, 1.82) is 5.26 Å². The van der Waals surface area contributed by atoms with Gasteiger partial charge in [-0.05, 0) is 18.2 Å². The van der Waals surface area contributed by atoms with Crippen LogP contribution in [-0.2, 0) is 9.84 Å². The maximum Gasteiger partial charge on any atom is 0.501 e. The topological polar surface area (TPSA) is 101 Å². The number of rotatable bonds is 2. The van der Waals surface area contributed by atoms with E-state index in [9.17, 15) is 26.4 Å². The molecule has 0 aromatic heterocycles. The number of primary amides is 1. The molecule has 0 unspecified atom stereocenters. The summed E-state index contributed by atoms with van der Waals surface area (Å²) in [6.45, 7) is 0. The zero-order valence-corrected chi connectivity index (χ0v) is 9.34. The molecule has 0 saturated heterocycles. The molecule has 0 aliphatic heterocycles. The SMILES string of the molecule is N#Cc1cc(S(=O)(=O)C(F)(F)F)ccc1C(N)=O. The van der Waals surface area contributed by atoms with Gasteiger partial charge in [0.05, 0.1) is 22.1 Å². The highest BCUT2D eigenvalue weighted by atomic mass is 32.2. The van der Waals surface area contributed by atoms with Gasteiger partial charge in [-0.3, -0.25) is 4.79 Å². The molecule has 1 amide bonds. The number of sulfone groups is 1. The fraction of sp³-hybridized carbons (Fsp3) is 0.111. The molecule has 1 aromatic carbocycles. The van der Waals surface area contributed by atoms with Crippen molar-refractivity contribution >= 4 is 15.7 Å². The van der Waals surface area contributed by atoms with Gasteiger partial charge in [-0.15, -0.1) is 0 Å². The Kier molecular flexibility index (Phi) is 3.34. The number of halogens is 3. The summed E-state index contributed by atoms with van der Waals surface area (Å²) in [6, 6.07) is 3.21. The lowest BCUT2D eigenvalue weighted by molar-refractivity contribution is -0.0436. The third-order valence-corrected chi connectivity index (χ3v) is 3.48. The molecule has 0 fully saturated rings. The van der Waals surface area contributed by atoms with E-state index in [2.05, 4.69) is 0 Å². The van der Waals surface area contributed by atoms with Gasteiger partial charge in [0.2, 0.25) is 5.91 Å². The number of hydrogen-bond donors (Lipinski definition) is 1. The number of nitrogens with two attached hydrogens (primary N) is 1. The molecule has 0 aliphatic rings. The van der Waals surface area contributed by atoms with Crippen LogP contribution >= 0.6 is 0 Å². The Morgan fingerprint density at radius 3 is 2.28 bits per heavy atom. The number of nitrogens with zero attached hydrogens (tertiary/aromatic N) is 1. The minimum absolute atomic E-state index is 0.348. The molecule has 1 aromatic rings. The molecule has 18 heavy (non-hydrogen) atoms. The first-order valence-corrected chi connectivity index (χ1v) is 5.75. The first-order valence-electron chi connectivity index (χ1n) is 4.26. The van der Waals surface area contributed by atoms with E-state index in [1.54, 1.807) is 0 Å². The lowest BCUT2D eigenvalue weighted by atomic mass is 10.1. The van der Waals surface area contributed by atoms with Crippen LogP contribution in [-0.4, -0.2) is 19.8 Å². The highest BCUT2D eigenvalue weighted by molar-refractivity contribution is 7.92. The predicted molar refractivity (Wildman–Crippen MR) is 52.9 cm³/mol. The second-order valence-corrected chi connectivity index (χ2v) is 5.07. The van der Waals surface area contributed by atoms with Crippen molar-refractivity contribution in [2.45, 2.75) is 10.4 Å². The molecule has 0 atom stereocenters. The molecule has 0 heterocycles. The van der Waals surface area contributed by atoms with Gasteiger partial charge in [0.1, 0.15) is 0 Å². The van der Waals surface area contributed by atoms with E-state index in [4.69, 9.17) is 11.0 Å². The average Bonchev–Trinajstić information content (AvgIpc) is 2.26. The van der Waals surface area contributed by atoms with Gasteiger partial charge < -0.3 is 5.73 Å². The number of carbonyl (C=O) groups is 1. The smallest absolute Gasteiger partial charge is 0.366 e. The first-order chi connectivity index (χ1) is 8.11. The number of carbonyl (C=O) groups excluding carboxylic acids is 1. The Morgan fingerprint density at radius 2 is 1.89 bits per heavy atom. The summed E-state index contributed by atoms with van der Waals surface area (Å²) >= 11 is 0. The van der Waals surface area contributed by atoms with Gasteiger partial charge in [-0.1, -0.05) is 0 Å². The zero-order valence-electron chi connectivity index (χ0n) is 8.52. The molecule has 0 saturated carbocycles. The van der Waals surface area contributed by atoms with E-state index in [1.807, 2.05) is 0 Å². The summed E-state index contributed by atoms with van der Waals surface area (Å²) in [5, 5.41) is 8.63. The molecule has 9 heteroatoms. The van der Waals surface area contributed by atoms with E-state index in [-0.39, 0.29) is 5.56 Å². The zero-order chi connectivity index (χ0) is 14.1. The van der Waals surface area contributed by atoms with E-state index < -0.39 is 31.7 Å². The minimum Gasteiger partial charge on any atom is -0.366 e. The van der Waals surface area contributed by atoms with Gasteiger partial charge in [-0.2, -0.15) is 18.4 Å². The quantitative estimate of drug-likeness (QED) is 0.870. The molecule has 0 spiro atoms. The van der Waals surface area contributed by atoms with Crippen molar-refractivity contribution in [3.63, 3.8) is 0 Å². The number of benzene rings is 1. The highest BCUT2D eigenvalue weighted by Crippen LogP contribution is 2.30. The van der Waals surface area contributed by atoms with Crippen LogP contribution in [0.15, 0.2) is 23.1 Å². The average molecular weight is 278 g/mol. The van der Waals surface area contributed by atoms with Crippen LogP contribution in [0.5, 0.6) is 0 Å². The largest absolute Gasteiger partial charge is 0.501 e. The normalized spacial score (nSPS) is 11.9. The molecule has 1 rings (SSSR count). The van der Waals surface area contributed by atoms with Crippen molar-refractivity contribution in [2.24, 2.45) is 5.73 Å². The van der Waals surface area contributed by atoms with Crippen LogP contribution in [0.2, 0.25) is 0 Å². The van der Waals surface area contributed by atoms with Crippen LogP contribution in [0.25, 0.3) is 0 Å². The highest BCUT2D eigenvalue weighted by Gasteiger charge is 2.47. The summed E-state index contributed by atoms with van der Waals surface area (Å²) in [5.74, 6) is -1.04. The van der Waals surface area contributed by atoms with Gasteiger partial charge in [0.15, 0.2) is 0 Å². The van der Waals surface area contributed by atoms with E-state index >= 15 is 0 Å². The van der Waals surface area contributed by atoms with E-state index in [0.29, 0.717) is 12.1 Å². The van der Waals surface area contributed by atoms with Crippen molar-refractivity contribution in [1.82, 2.24) is 0 Å². The molecule has 0 aliphatic carbocycles. The molecule has 2 N–H and O–H groups in total. The van der Waals surface area contributed by atoms with Gasteiger partial charge in [0, 0.05) is 0 Å². The fourth-order valence-electron chi connectivity index (χ4n) is 1.13. The molecular weight excluding hydrogens is 273 g/mol. The summed E-state index contributed by atoms with van der Waals surface area (Å²) in [4.78, 5) is 9.72. The lowest BCUT2D eigenvalue weighted by Crippen LogP contribution is -2.23. The second-order valence-electron chi connectivity index (χ2n) is 3.13. The summed E-state index contributed by atoms with van der Waals surface area (Å²) < 4.78 is 58.9. The van der Waals surface area contributed by atoms with Crippen molar-refractivity contribution in [3.8, 4) is 6.07 Å². The maximum absolute atomic E-state index is 12.3. The molecule has 0 bridgehead atoms. The van der Waals surface area contributed by atoms with Crippen LogP contribution < -0.4 is 5.73 Å². The molecule has 0 radical (unpaired) electrons. The van der Waals surface area contributed by atoms with Gasteiger partial charge >= 0.3 is 5.51 Å². The van der Waals surface area contributed by atoms with Crippen molar-refractivity contribution in [2.75, 3.05) is 0 Å². The molecule has 5 nitrogen and oxygen atoms in total. The molecule has 96 valence electrons. The summed E-state index contributed by atoms with van der Waals surface area (Å²) in [6.07, 6.45) is 0. The number of hydrogen-bond acceptors (Lipinski definition) is 4. The third-order valence-electron chi connectivity index (χ3n) is 1.99. The first kappa shape index (κ1) is 14.0. The Bertz CT molecular complexity index is 644. The Hall–Kier alpha value is -2.08. The van der Waals surface area contributed by atoms with Crippen LogP contribution in [0, 0.1) is 11.3 Å². The predicted octanol–water partition coefficient (Wildman–Crippen LogP) is 0.951. The lowest BCUT2D eigenvalue weighted by Gasteiger charge is -2.09. The Morgan fingerprint density at radius 1 is 1.33 bits per heavy atom. The Balaban J connectivity index is 3.50. The maximum atomic E-state index is 12.3. The van der Waals surface area contributed by atoms with E-state index in [1.165, 1.54) is 6.07 Å². The van der Waals surface area contributed by atoms with Crippen molar-refractivity contribution < 1.29 is 26.4 Å². The third kappa shape index (κ3) is 2.28. The standard InChI is InChI=1S/C9H5F3N2O3S/c10-9(11,12)18(16,17)6-1-2-7(8(14)15)5(3-6)4-13/h1-3H,(H2,14,15). The Labute approximate surface area is 99.5 Å². The fourth-order valence-corrected chi connectivity index (χ4v) is 1.92. The van der Waals surface area contributed by atoms with Crippen LogP contribution in [0.1, 0.15) is 15.9 Å². The van der Waals surface area contributed by atoms with Gasteiger partial charge in [-0.25, -0.2) is 8.42 Å². The summed E-state index contributed by atoms with van der Waals surface area (Å²) in [7, 11) is -5.55. The van der Waals surface area contributed by atoms with Crippen molar-refractivity contribution in [3.05, 3.63) is 29.3 Å². The minimum atomic E-state index is -5.55. The number of amides is 1. The van der Waals surface area contributed by atoms with E-state index in [0.717, 1.165) is 6.07 Å². The van der Waals surface area contributed by atoms with Crippen LogP contribution in [0.3, 0.4) is 0 Å².